The lowest BCUT2D eigenvalue weighted by Crippen LogP contribution is -2.28. The Labute approximate surface area is 166 Å². The van der Waals surface area contributed by atoms with E-state index in [-0.39, 0.29) is 11.9 Å². The summed E-state index contributed by atoms with van der Waals surface area (Å²) in [7, 11) is 0. The summed E-state index contributed by atoms with van der Waals surface area (Å²) in [5.41, 5.74) is 5.40. The fraction of sp³-hybridized carbons (Fsp3) is 0.238. The standard InChI is InChI=1S/C21H21BrN2OS/c1-13-7-8-14(2)19(9-13)15(3)23-20(25)11-18-12-26-21(24-18)16-5-4-6-17(22)10-16/h4-10,12,15H,11H2,1-3H3,(H,23,25). The number of carbonyl (C=O) groups is 1. The summed E-state index contributed by atoms with van der Waals surface area (Å²) in [4.78, 5) is 17.0. The third kappa shape index (κ3) is 4.59. The molecule has 2 aromatic carbocycles. The molecule has 134 valence electrons. The van der Waals surface area contributed by atoms with Gasteiger partial charge in [0.25, 0.3) is 0 Å². The van der Waals surface area contributed by atoms with Crippen LogP contribution in [0.4, 0.5) is 0 Å². The van der Waals surface area contributed by atoms with Gasteiger partial charge in [-0.25, -0.2) is 4.98 Å². The molecular weight excluding hydrogens is 408 g/mol. The molecule has 1 aromatic heterocycles. The van der Waals surface area contributed by atoms with Crippen LogP contribution in [0, 0.1) is 13.8 Å². The molecule has 0 saturated carbocycles. The predicted octanol–water partition coefficient (Wildman–Crippen LogP) is 5.61. The molecule has 26 heavy (non-hydrogen) atoms. The summed E-state index contributed by atoms with van der Waals surface area (Å²) in [6.45, 7) is 6.16. The number of hydrogen-bond acceptors (Lipinski definition) is 3. The quantitative estimate of drug-likeness (QED) is 0.573. The molecule has 0 aliphatic heterocycles. The fourth-order valence-corrected chi connectivity index (χ4v) is 4.12. The molecule has 0 saturated heterocycles. The smallest absolute Gasteiger partial charge is 0.226 e. The van der Waals surface area contributed by atoms with Crippen LogP contribution in [-0.4, -0.2) is 10.9 Å². The maximum atomic E-state index is 12.4. The van der Waals surface area contributed by atoms with Gasteiger partial charge >= 0.3 is 0 Å². The Morgan fingerprint density at radius 1 is 1.23 bits per heavy atom. The van der Waals surface area contributed by atoms with E-state index < -0.39 is 0 Å². The molecular formula is C21H21BrN2OS. The number of nitrogens with one attached hydrogen (secondary N) is 1. The highest BCUT2D eigenvalue weighted by Gasteiger charge is 2.14. The topological polar surface area (TPSA) is 42.0 Å². The third-order valence-electron chi connectivity index (χ3n) is 4.24. The summed E-state index contributed by atoms with van der Waals surface area (Å²) in [6.07, 6.45) is 0.291. The molecule has 1 unspecified atom stereocenters. The molecule has 1 N–H and O–H groups in total. The van der Waals surface area contributed by atoms with Gasteiger partial charge in [0.2, 0.25) is 5.91 Å². The van der Waals surface area contributed by atoms with Crippen molar-refractivity contribution in [2.45, 2.75) is 33.2 Å². The molecule has 0 radical (unpaired) electrons. The lowest BCUT2D eigenvalue weighted by atomic mass is 10.00. The van der Waals surface area contributed by atoms with Crippen LogP contribution in [-0.2, 0) is 11.2 Å². The summed E-state index contributed by atoms with van der Waals surface area (Å²) in [6, 6.07) is 14.3. The second-order valence-electron chi connectivity index (χ2n) is 6.48. The van der Waals surface area contributed by atoms with Gasteiger partial charge in [-0.3, -0.25) is 4.79 Å². The van der Waals surface area contributed by atoms with Crippen LogP contribution >= 0.6 is 27.3 Å². The third-order valence-corrected chi connectivity index (χ3v) is 5.68. The van der Waals surface area contributed by atoms with Crippen molar-refractivity contribution in [1.29, 1.82) is 0 Å². The van der Waals surface area contributed by atoms with Crippen LogP contribution < -0.4 is 5.32 Å². The van der Waals surface area contributed by atoms with E-state index in [9.17, 15) is 4.79 Å². The largest absolute Gasteiger partial charge is 0.349 e. The number of amides is 1. The van der Waals surface area contributed by atoms with Crippen molar-refractivity contribution < 1.29 is 4.79 Å². The normalized spacial score (nSPS) is 12.0. The van der Waals surface area contributed by atoms with Crippen LogP contribution in [0.3, 0.4) is 0 Å². The number of halogens is 1. The average Bonchev–Trinajstić information content (AvgIpc) is 3.05. The van der Waals surface area contributed by atoms with Crippen molar-refractivity contribution in [2.24, 2.45) is 0 Å². The van der Waals surface area contributed by atoms with Gasteiger partial charge in [0.05, 0.1) is 18.2 Å². The number of carbonyl (C=O) groups excluding carboxylic acids is 1. The Morgan fingerprint density at radius 2 is 2.04 bits per heavy atom. The van der Waals surface area contributed by atoms with Crippen LogP contribution in [0.5, 0.6) is 0 Å². The molecule has 0 bridgehead atoms. The van der Waals surface area contributed by atoms with Crippen molar-refractivity contribution in [1.82, 2.24) is 10.3 Å². The van der Waals surface area contributed by atoms with Crippen LogP contribution in [0.15, 0.2) is 52.3 Å². The monoisotopic (exact) mass is 428 g/mol. The summed E-state index contributed by atoms with van der Waals surface area (Å²) >= 11 is 5.04. The molecule has 1 atom stereocenters. The summed E-state index contributed by atoms with van der Waals surface area (Å²) in [5.74, 6) is -0.00972. The molecule has 0 aliphatic carbocycles. The number of benzene rings is 2. The highest BCUT2D eigenvalue weighted by molar-refractivity contribution is 9.10. The van der Waals surface area contributed by atoms with Gasteiger partial charge in [-0.2, -0.15) is 0 Å². The minimum atomic E-state index is -0.0226. The Balaban J connectivity index is 1.66. The van der Waals surface area contributed by atoms with Crippen molar-refractivity contribution in [3.05, 3.63) is 74.7 Å². The molecule has 1 amide bonds. The first-order valence-corrected chi connectivity index (χ1v) is 10.2. The second-order valence-corrected chi connectivity index (χ2v) is 8.25. The number of rotatable bonds is 5. The van der Waals surface area contributed by atoms with Crippen molar-refractivity contribution in [3.8, 4) is 10.6 Å². The maximum Gasteiger partial charge on any atom is 0.226 e. The minimum Gasteiger partial charge on any atom is -0.349 e. The van der Waals surface area contributed by atoms with E-state index in [1.807, 2.05) is 36.6 Å². The van der Waals surface area contributed by atoms with E-state index in [4.69, 9.17) is 0 Å². The highest BCUT2D eigenvalue weighted by atomic mass is 79.9. The molecule has 3 rings (SSSR count). The Kier molecular flexibility index (Phi) is 5.89. The van der Waals surface area contributed by atoms with Gasteiger partial charge in [0, 0.05) is 15.4 Å². The molecule has 3 nitrogen and oxygen atoms in total. The van der Waals surface area contributed by atoms with Crippen molar-refractivity contribution in [2.75, 3.05) is 0 Å². The van der Waals surface area contributed by atoms with E-state index in [1.165, 1.54) is 11.1 Å². The van der Waals surface area contributed by atoms with E-state index >= 15 is 0 Å². The SMILES string of the molecule is Cc1ccc(C)c(C(C)NC(=O)Cc2csc(-c3cccc(Br)c3)n2)c1. The van der Waals surface area contributed by atoms with E-state index in [0.717, 1.165) is 26.3 Å². The first-order chi connectivity index (χ1) is 12.4. The van der Waals surface area contributed by atoms with E-state index in [1.54, 1.807) is 11.3 Å². The van der Waals surface area contributed by atoms with Crippen molar-refractivity contribution >= 4 is 33.2 Å². The van der Waals surface area contributed by atoms with E-state index in [0.29, 0.717) is 6.42 Å². The van der Waals surface area contributed by atoms with Gasteiger partial charge in [-0.1, -0.05) is 51.8 Å². The fourth-order valence-electron chi connectivity index (χ4n) is 2.90. The van der Waals surface area contributed by atoms with Gasteiger partial charge in [-0.05, 0) is 44.0 Å². The lowest BCUT2D eigenvalue weighted by molar-refractivity contribution is -0.121. The number of hydrogen-bond donors (Lipinski definition) is 1. The summed E-state index contributed by atoms with van der Waals surface area (Å²) < 4.78 is 1.02. The van der Waals surface area contributed by atoms with Gasteiger partial charge < -0.3 is 5.32 Å². The van der Waals surface area contributed by atoms with Crippen LogP contribution in [0.1, 0.15) is 35.3 Å². The second kappa shape index (κ2) is 8.14. The predicted molar refractivity (Wildman–Crippen MR) is 111 cm³/mol. The Hall–Kier alpha value is -1.98. The van der Waals surface area contributed by atoms with E-state index in [2.05, 4.69) is 58.3 Å². The molecule has 0 aliphatic rings. The summed E-state index contributed by atoms with van der Waals surface area (Å²) in [5, 5.41) is 5.97. The molecule has 1 heterocycles. The number of thiazole rings is 1. The molecule has 0 spiro atoms. The number of aryl methyl sites for hydroxylation is 2. The zero-order chi connectivity index (χ0) is 18.7. The lowest BCUT2D eigenvalue weighted by Gasteiger charge is -2.17. The van der Waals surface area contributed by atoms with Gasteiger partial charge in [0.1, 0.15) is 5.01 Å². The highest BCUT2D eigenvalue weighted by Crippen LogP contribution is 2.26. The first kappa shape index (κ1) is 18.8. The van der Waals surface area contributed by atoms with Gasteiger partial charge in [0.15, 0.2) is 0 Å². The zero-order valence-corrected chi connectivity index (χ0v) is 17.4. The first-order valence-electron chi connectivity index (χ1n) is 8.49. The number of nitrogens with zero attached hydrogens (tertiary/aromatic N) is 1. The minimum absolute atomic E-state index is 0.00972. The number of aromatic nitrogens is 1. The zero-order valence-electron chi connectivity index (χ0n) is 15.0. The molecule has 3 aromatic rings. The maximum absolute atomic E-state index is 12.4. The Bertz CT molecular complexity index is 935. The van der Waals surface area contributed by atoms with Crippen molar-refractivity contribution in [3.63, 3.8) is 0 Å². The average molecular weight is 429 g/mol. The van der Waals surface area contributed by atoms with Crippen LogP contribution in [0.2, 0.25) is 0 Å². The van der Waals surface area contributed by atoms with Crippen LogP contribution in [0.25, 0.3) is 10.6 Å². The Morgan fingerprint density at radius 3 is 2.81 bits per heavy atom. The molecule has 0 fully saturated rings. The van der Waals surface area contributed by atoms with Gasteiger partial charge in [-0.15, -0.1) is 11.3 Å². The molecule has 5 heteroatoms.